The predicted octanol–water partition coefficient (Wildman–Crippen LogP) is 3.40. The van der Waals surface area contributed by atoms with Crippen LogP contribution in [0.1, 0.15) is 18.4 Å². The van der Waals surface area contributed by atoms with Gasteiger partial charge in [0, 0.05) is 0 Å². The van der Waals surface area contributed by atoms with Crippen molar-refractivity contribution in [2.45, 2.75) is 18.4 Å². The second-order valence-electron chi connectivity index (χ2n) is 5.04. The van der Waals surface area contributed by atoms with E-state index < -0.39 is 19.8 Å². The number of hydrogen-bond donors (Lipinski definition) is 0. The number of amides is 1. The van der Waals surface area contributed by atoms with E-state index in [9.17, 15) is 4.79 Å². The van der Waals surface area contributed by atoms with Crippen LogP contribution in [0.25, 0.3) is 0 Å². The molecule has 1 fully saturated rings. The Kier molecular flexibility index (Phi) is 3.00. The average molecular weight is 359 g/mol. The SMILES string of the molecule is CN1C(=O)OC2(CCI(C)CC2)c2ccccc21. The van der Waals surface area contributed by atoms with Gasteiger partial charge in [0.25, 0.3) is 0 Å². The molecule has 1 aromatic carbocycles. The first-order valence-electron chi connectivity index (χ1n) is 6.20. The van der Waals surface area contributed by atoms with Gasteiger partial charge in [-0.1, -0.05) is 0 Å². The van der Waals surface area contributed by atoms with Gasteiger partial charge in [0.2, 0.25) is 0 Å². The molecule has 0 atom stereocenters. The number of benzene rings is 1. The van der Waals surface area contributed by atoms with Crippen LogP contribution in [-0.2, 0) is 10.3 Å². The van der Waals surface area contributed by atoms with Gasteiger partial charge in [-0.05, 0) is 0 Å². The molecule has 0 saturated carbocycles. The van der Waals surface area contributed by atoms with Crippen molar-refractivity contribution in [2.75, 3.05) is 25.7 Å². The summed E-state index contributed by atoms with van der Waals surface area (Å²) < 4.78 is 8.39. The number of carbonyl (C=O) groups is 1. The summed E-state index contributed by atoms with van der Waals surface area (Å²) in [5.74, 6) is 0. The number of hydrogen-bond acceptors (Lipinski definition) is 2. The zero-order valence-corrected chi connectivity index (χ0v) is 12.9. The Morgan fingerprint density at radius 2 is 1.94 bits per heavy atom. The van der Waals surface area contributed by atoms with E-state index in [1.807, 2.05) is 18.2 Å². The molecule has 0 unspecified atom stereocenters. The van der Waals surface area contributed by atoms with Gasteiger partial charge >= 0.3 is 115 Å². The number of fused-ring (bicyclic) bond motifs is 2. The van der Waals surface area contributed by atoms with Crippen molar-refractivity contribution in [1.29, 1.82) is 0 Å². The molecule has 1 aromatic rings. The molecule has 2 aliphatic heterocycles. The van der Waals surface area contributed by atoms with E-state index in [0.717, 1.165) is 18.5 Å². The molecule has 0 aliphatic carbocycles. The summed E-state index contributed by atoms with van der Waals surface area (Å²) in [5, 5.41) is 0. The standard InChI is InChI=1S/C14H18INO2/c1-15-9-7-14(8-10-15)11-5-3-4-6-12(11)16(2)13(17)18-14/h3-6H,7-10H2,1-2H3. The normalized spacial score (nSPS) is 23.8. The van der Waals surface area contributed by atoms with Crippen LogP contribution in [0.15, 0.2) is 24.3 Å². The number of para-hydroxylation sites is 1. The van der Waals surface area contributed by atoms with E-state index >= 15 is 0 Å². The van der Waals surface area contributed by atoms with E-state index in [4.69, 9.17) is 4.74 Å². The fourth-order valence-corrected chi connectivity index (χ4v) is 6.88. The van der Waals surface area contributed by atoms with Crippen molar-refractivity contribution in [3.05, 3.63) is 29.8 Å². The summed E-state index contributed by atoms with van der Waals surface area (Å²) in [6.07, 6.45) is 1.84. The Labute approximate surface area is 115 Å². The maximum absolute atomic E-state index is 12.0. The van der Waals surface area contributed by atoms with Crippen LogP contribution < -0.4 is 4.90 Å². The quantitative estimate of drug-likeness (QED) is 0.525. The van der Waals surface area contributed by atoms with Crippen molar-refractivity contribution in [3.63, 3.8) is 0 Å². The maximum atomic E-state index is 12.0. The molecular formula is C14H18INO2. The monoisotopic (exact) mass is 359 g/mol. The molecular weight excluding hydrogens is 341 g/mol. The first-order chi connectivity index (χ1) is 8.62. The number of halogens is 1. The molecule has 0 aromatic heterocycles. The zero-order valence-electron chi connectivity index (χ0n) is 10.8. The Balaban J connectivity index is 2.06. The third-order valence-electron chi connectivity index (χ3n) is 3.95. The molecule has 1 saturated heterocycles. The van der Waals surface area contributed by atoms with Crippen LogP contribution in [0.3, 0.4) is 0 Å². The Morgan fingerprint density at radius 1 is 1.28 bits per heavy atom. The zero-order chi connectivity index (χ0) is 12.8. The minimum atomic E-state index is -0.711. The first kappa shape index (κ1) is 12.3. The molecule has 2 aliphatic rings. The second kappa shape index (κ2) is 4.40. The van der Waals surface area contributed by atoms with Crippen LogP contribution in [0.4, 0.5) is 10.5 Å². The van der Waals surface area contributed by atoms with Gasteiger partial charge in [-0.3, -0.25) is 0 Å². The fourth-order valence-electron chi connectivity index (χ4n) is 2.76. The molecule has 3 nitrogen and oxygen atoms in total. The van der Waals surface area contributed by atoms with E-state index in [0.29, 0.717) is 0 Å². The first-order valence-corrected chi connectivity index (χ1v) is 11.4. The predicted molar refractivity (Wildman–Crippen MR) is 81.9 cm³/mol. The Morgan fingerprint density at radius 3 is 2.67 bits per heavy atom. The molecule has 3 rings (SSSR count). The molecule has 1 amide bonds. The van der Waals surface area contributed by atoms with Crippen molar-refractivity contribution >= 4 is 31.6 Å². The number of rotatable bonds is 0. The van der Waals surface area contributed by atoms with E-state index in [1.54, 1.807) is 11.9 Å². The molecule has 18 heavy (non-hydrogen) atoms. The van der Waals surface area contributed by atoms with E-state index in [2.05, 4.69) is 11.0 Å². The van der Waals surface area contributed by atoms with Crippen molar-refractivity contribution in [1.82, 2.24) is 0 Å². The van der Waals surface area contributed by atoms with Crippen LogP contribution >= 0.6 is 19.8 Å². The van der Waals surface area contributed by atoms with Crippen molar-refractivity contribution in [2.24, 2.45) is 0 Å². The summed E-state index contributed by atoms with van der Waals surface area (Å²) in [6.45, 7) is 0. The molecule has 0 bridgehead atoms. The summed E-state index contributed by atoms with van der Waals surface area (Å²) in [6, 6.07) is 8.18. The third kappa shape index (κ3) is 1.81. The molecule has 2 heterocycles. The Bertz CT molecular complexity index is 480. The van der Waals surface area contributed by atoms with Gasteiger partial charge in [-0.15, -0.1) is 0 Å². The molecule has 4 heteroatoms. The van der Waals surface area contributed by atoms with Gasteiger partial charge in [0.05, 0.1) is 0 Å². The minimum absolute atomic E-state index is 0.202. The van der Waals surface area contributed by atoms with Gasteiger partial charge in [0.15, 0.2) is 0 Å². The van der Waals surface area contributed by atoms with Gasteiger partial charge in [-0.25, -0.2) is 0 Å². The topological polar surface area (TPSA) is 29.5 Å². The molecule has 1 spiro atoms. The van der Waals surface area contributed by atoms with Crippen LogP contribution in [0.2, 0.25) is 0 Å². The number of ether oxygens (including phenoxy) is 1. The van der Waals surface area contributed by atoms with Crippen LogP contribution in [0, 0.1) is 0 Å². The molecule has 0 N–H and O–H groups in total. The summed E-state index contributed by atoms with van der Waals surface area (Å²) in [4.78, 5) is 16.1. The number of carbonyl (C=O) groups excluding carboxylic acids is 1. The third-order valence-corrected chi connectivity index (χ3v) is 8.72. The summed E-state index contributed by atoms with van der Waals surface area (Å²) in [5.41, 5.74) is 1.90. The number of anilines is 1. The average Bonchev–Trinajstić information content (AvgIpc) is 2.40. The molecule has 0 radical (unpaired) electrons. The number of nitrogens with zero attached hydrogens (tertiary/aromatic N) is 1. The van der Waals surface area contributed by atoms with E-state index in [-0.39, 0.29) is 11.7 Å². The van der Waals surface area contributed by atoms with Crippen molar-refractivity contribution < 1.29 is 9.53 Å². The molecule has 98 valence electrons. The Hall–Kier alpha value is -0.780. The summed E-state index contributed by atoms with van der Waals surface area (Å²) >= 11 is -0.711. The summed E-state index contributed by atoms with van der Waals surface area (Å²) in [7, 11) is 1.79. The second-order valence-corrected chi connectivity index (χ2v) is 11.3. The van der Waals surface area contributed by atoms with Gasteiger partial charge in [-0.2, -0.15) is 0 Å². The van der Waals surface area contributed by atoms with Gasteiger partial charge in [0.1, 0.15) is 0 Å². The van der Waals surface area contributed by atoms with Gasteiger partial charge < -0.3 is 0 Å². The van der Waals surface area contributed by atoms with E-state index in [1.165, 1.54) is 14.4 Å². The van der Waals surface area contributed by atoms with Crippen molar-refractivity contribution in [3.8, 4) is 0 Å². The number of alkyl halides is 3. The van der Waals surface area contributed by atoms with Crippen LogP contribution in [-0.4, -0.2) is 26.9 Å². The van der Waals surface area contributed by atoms with Crippen LogP contribution in [0.5, 0.6) is 0 Å². The fraction of sp³-hybridized carbons (Fsp3) is 0.500.